The van der Waals surface area contributed by atoms with E-state index in [1.165, 1.54) is 12.1 Å². The molecule has 5 nitrogen and oxygen atoms in total. The lowest BCUT2D eigenvalue weighted by atomic mass is 9.99. The molecule has 0 unspecified atom stereocenters. The summed E-state index contributed by atoms with van der Waals surface area (Å²) in [7, 11) is 3.60. The molecule has 0 spiro atoms. The van der Waals surface area contributed by atoms with Gasteiger partial charge in [0.1, 0.15) is 11.9 Å². The number of likely N-dealkylation sites (tertiary alicyclic amines) is 1. The van der Waals surface area contributed by atoms with Crippen LogP contribution in [0.3, 0.4) is 0 Å². The summed E-state index contributed by atoms with van der Waals surface area (Å²) in [6.45, 7) is 4.14. The number of nitrogens with zero attached hydrogens (tertiary/aromatic N) is 2. The van der Waals surface area contributed by atoms with Crippen molar-refractivity contribution < 1.29 is 14.0 Å². The predicted molar refractivity (Wildman–Crippen MR) is 95.4 cm³/mol. The molecule has 1 fully saturated rings. The van der Waals surface area contributed by atoms with E-state index in [2.05, 4.69) is 12.2 Å². The number of halogens is 1. The molecule has 0 radical (unpaired) electrons. The van der Waals surface area contributed by atoms with E-state index in [9.17, 15) is 14.0 Å². The number of hydrogen-bond acceptors (Lipinski definition) is 3. The molecule has 2 rings (SSSR count). The Morgan fingerprint density at radius 2 is 1.84 bits per heavy atom. The van der Waals surface area contributed by atoms with Crippen LogP contribution < -0.4 is 5.32 Å². The van der Waals surface area contributed by atoms with Gasteiger partial charge in [-0.15, -0.1) is 0 Å². The van der Waals surface area contributed by atoms with Crippen molar-refractivity contribution in [3.8, 4) is 0 Å². The molecule has 1 aliphatic rings. The van der Waals surface area contributed by atoms with Gasteiger partial charge in [0.2, 0.25) is 11.8 Å². The average Bonchev–Trinajstić information content (AvgIpc) is 2.57. The van der Waals surface area contributed by atoms with Crippen LogP contribution in [-0.4, -0.2) is 55.3 Å². The van der Waals surface area contributed by atoms with Crippen LogP contribution in [-0.2, 0) is 9.59 Å². The Hall–Kier alpha value is -1.95. The lowest BCUT2D eigenvalue weighted by molar-refractivity contribution is -0.132. The van der Waals surface area contributed by atoms with Gasteiger partial charge >= 0.3 is 0 Å². The third-order valence-electron chi connectivity index (χ3n) is 4.72. The molecular weight excluding hydrogens is 321 g/mol. The summed E-state index contributed by atoms with van der Waals surface area (Å²) in [5.41, 5.74) is 0.722. The highest BCUT2D eigenvalue weighted by atomic mass is 19.1. The summed E-state index contributed by atoms with van der Waals surface area (Å²) >= 11 is 0. The van der Waals surface area contributed by atoms with Crippen molar-refractivity contribution in [3.63, 3.8) is 0 Å². The topological polar surface area (TPSA) is 52.7 Å². The van der Waals surface area contributed by atoms with Gasteiger partial charge in [-0.25, -0.2) is 4.39 Å². The highest BCUT2D eigenvalue weighted by molar-refractivity contribution is 5.84. The minimum absolute atomic E-state index is 0.0929. The second-order valence-corrected chi connectivity index (χ2v) is 7.02. The molecule has 138 valence electrons. The molecular formula is C19H28FN3O2. The Morgan fingerprint density at radius 3 is 2.40 bits per heavy atom. The van der Waals surface area contributed by atoms with Crippen LogP contribution in [0.5, 0.6) is 0 Å². The van der Waals surface area contributed by atoms with Crippen LogP contribution >= 0.6 is 0 Å². The second kappa shape index (κ2) is 8.94. The van der Waals surface area contributed by atoms with Crippen molar-refractivity contribution in [2.75, 3.05) is 33.7 Å². The molecule has 1 saturated heterocycles. The van der Waals surface area contributed by atoms with Crippen LogP contribution in [0.2, 0.25) is 0 Å². The van der Waals surface area contributed by atoms with Crippen molar-refractivity contribution in [1.82, 2.24) is 15.1 Å². The number of rotatable bonds is 6. The van der Waals surface area contributed by atoms with Gasteiger partial charge in [-0.1, -0.05) is 19.1 Å². The molecule has 0 saturated carbocycles. The molecule has 1 atom stereocenters. The smallest absolute Gasteiger partial charge is 0.241 e. The first-order valence-electron chi connectivity index (χ1n) is 8.86. The zero-order chi connectivity index (χ0) is 18.4. The molecule has 0 bridgehead atoms. The standard InChI is InChI=1S/C19H28FN3O2/c1-14-9-12-23(13-10-14)17(24)8-11-21-19(25)18(22(2)3)15-4-6-16(20)7-5-15/h4-7,14,18H,8-13H2,1-3H3,(H,21,25)/t18-/m0/s1. The van der Waals surface area contributed by atoms with Crippen LogP contribution in [0, 0.1) is 11.7 Å². The molecule has 2 amide bonds. The van der Waals surface area contributed by atoms with E-state index in [0.717, 1.165) is 31.5 Å². The minimum atomic E-state index is -0.508. The zero-order valence-corrected chi connectivity index (χ0v) is 15.3. The van der Waals surface area contributed by atoms with Gasteiger partial charge in [-0.3, -0.25) is 14.5 Å². The Balaban J connectivity index is 1.85. The number of piperidine rings is 1. The molecule has 25 heavy (non-hydrogen) atoms. The van der Waals surface area contributed by atoms with Gasteiger partial charge in [0, 0.05) is 26.1 Å². The van der Waals surface area contributed by atoms with E-state index >= 15 is 0 Å². The first kappa shape index (κ1) is 19.4. The first-order chi connectivity index (χ1) is 11.9. The SMILES string of the molecule is CC1CCN(C(=O)CCNC(=O)[C@H](c2ccc(F)cc2)N(C)C)CC1. The second-order valence-electron chi connectivity index (χ2n) is 7.02. The van der Waals surface area contributed by atoms with Gasteiger partial charge in [-0.2, -0.15) is 0 Å². The van der Waals surface area contributed by atoms with Gasteiger partial charge < -0.3 is 10.2 Å². The van der Waals surface area contributed by atoms with Crippen LogP contribution in [0.4, 0.5) is 4.39 Å². The van der Waals surface area contributed by atoms with Gasteiger partial charge in [-0.05, 0) is 50.6 Å². The van der Waals surface area contributed by atoms with Gasteiger partial charge in [0.25, 0.3) is 0 Å². The fourth-order valence-corrected chi connectivity index (χ4v) is 3.13. The number of carbonyl (C=O) groups excluding carboxylic acids is 2. The maximum atomic E-state index is 13.1. The van der Waals surface area contributed by atoms with E-state index in [-0.39, 0.29) is 17.6 Å². The Labute approximate surface area is 149 Å². The molecule has 6 heteroatoms. The third-order valence-corrected chi connectivity index (χ3v) is 4.72. The number of amides is 2. The molecule has 1 heterocycles. The molecule has 0 aliphatic carbocycles. The average molecular weight is 349 g/mol. The third kappa shape index (κ3) is 5.53. The molecule has 1 aromatic carbocycles. The summed E-state index contributed by atoms with van der Waals surface area (Å²) in [5, 5.41) is 2.83. The number of benzene rings is 1. The lowest BCUT2D eigenvalue weighted by Crippen LogP contribution is -2.41. The monoisotopic (exact) mass is 349 g/mol. The van der Waals surface area contributed by atoms with E-state index in [0.29, 0.717) is 18.9 Å². The fourth-order valence-electron chi connectivity index (χ4n) is 3.13. The quantitative estimate of drug-likeness (QED) is 0.857. The van der Waals surface area contributed by atoms with Crippen LogP contribution in [0.25, 0.3) is 0 Å². The van der Waals surface area contributed by atoms with E-state index in [4.69, 9.17) is 0 Å². The highest BCUT2D eigenvalue weighted by Crippen LogP contribution is 2.19. The lowest BCUT2D eigenvalue weighted by Gasteiger charge is -2.30. The highest BCUT2D eigenvalue weighted by Gasteiger charge is 2.24. The van der Waals surface area contributed by atoms with Crippen molar-refractivity contribution in [1.29, 1.82) is 0 Å². The van der Waals surface area contributed by atoms with E-state index in [1.54, 1.807) is 31.1 Å². The normalized spacial score (nSPS) is 16.8. The van der Waals surface area contributed by atoms with Gasteiger partial charge in [0.05, 0.1) is 0 Å². The largest absolute Gasteiger partial charge is 0.354 e. The maximum absolute atomic E-state index is 13.1. The Morgan fingerprint density at radius 1 is 1.24 bits per heavy atom. The number of nitrogens with one attached hydrogen (secondary N) is 1. The first-order valence-corrected chi connectivity index (χ1v) is 8.86. The summed E-state index contributed by atoms with van der Waals surface area (Å²) in [5.74, 6) is 0.260. The molecule has 0 aromatic heterocycles. The summed E-state index contributed by atoms with van der Waals surface area (Å²) in [4.78, 5) is 28.4. The fraction of sp³-hybridized carbons (Fsp3) is 0.579. The van der Waals surface area contributed by atoms with Crippen molar-refractivity contribution in [2.45, 2.75) is 32.2 Å². The van der Waals surface area contributed by atoms with E-state index < -0.39 is 6.04 Å². The van der Waals surface area contributed by atoms with Crippen molar-refractivity contribution in [2.24, 2.45) is 5.92 Å². The molecule has 1 N–H and O–H groups in total. The van der Waals surface area contributed by atoms with Gasteiger partial charge in [0.15, 0.2) is 0 Å². The maximum Gasteiger partial charge on any atom is 0.241 e. The summed E-state index contributed by atoms with van der Waals surface area (Å²) < 4.78 is 13.1. The van der Waals surface area contributed by atoms with Crippen LogP contribution in [0.1, 0.15) is 37.8 Å². The molecule has 1 aliphatic heterocycles. The van der Waals surface area contributed by atoms with Crippen LogP contribution in [0.15, 0.2) is 24.3 Å². The van der Waals surface area contributed by atoms with E-state index in [1.807, 2.05) is 4.90 Å². The van der Waals surface area contributed by atoms with Crippen molar-refractivity contribution >= 4 is 11.8 Å². The Bertz CT molecular complexity index is 581. The number of hydrogen-bond donors (Lipinski definition) is 1. The summed E-state index contributed by atoms with van der Waals surface area (Å²) in [6, 6.07) is 5.41. The number of carbonyl (C=O) groups is 2. The molecule has 1 aromatic rings. The van der Waals surface area contributed by atoms with Crippen molar-refractivity contribution in [3.05, 3.63) is 35.6 Å². The predicted octanol–water partition coefficient (Wildman–Crippen LogP) is 2.19. The Kier molecular flexibility index (Phi) is 6.93. The minimum Gasteiger partial charge on any atom is -0.354 e. The summed E-state index contributed by atoms with van der Waals surface area (Å²) in [6.07, 6.45) is 2.40. The number of likely N-dealkylation sites (N-methyl/N-ethyl adjacent to an activating group) is 1. The zero-order valence-electron chi connectivity index (χ0n) is 15.3.